The molecule has 94 valence electrons. The molecular weight excluding hydrogens is 228 g/mol. The van der Waals surface area contributed by atoms with Crippen molar-refractivity contribution in [2.45, 2.75) is 38.4 Å². The quantitative estimate of drug-likeness (QED) is 0.777. The molecular formula is C10H20N2O3S. The van der Waals surface area contributed by atoms with Crippen LogP contribution in [0.15, 0.2) is 0 Å². The summed E-state index contributed by atoms with van der Waals surface area (Å²) in [6, 6.07) is 0. The van der Waals surface area contributed by atoms with Crippen molar-refractivity contribution in [2.24, 2.45) is 11.7 Å². The van der Waals surface area contributed by atoms with E-state index in [0.29, 0.717) is 19.5 Å². The molecule has 1 aliphatic heterocycles. The third-order valence-electron chi connectivity index (χ3n) is 3.02. The van der Waals surface area contributed by atoms with E-state index in [-0.39, 0.29) is 17.1 Å². The lowest BCUT2D eigenvalue weighted by molar-refractivity contribution is -0.119. The molecule has 1 fully saturated rings. The zero-order valence-corrected chi connectivity index (χ0v) is 10.7. The van der Waals surface area contributed by atoms with Gasteiger partial charge >= 0.3 is 0 Å². The number of primary amides is 1. The molecule has 1 rings (SSSR count). The Morgan fingerprint density at radius 1 is 1.38 bits per heavy atom. The second kappa shape index (κ2) is 5.14. The van der Waals surface area contributed by atoms with E-state index in [9.17, 15) is 13.2 Å². The second-order valence-electron chi connectivity index (χ2n) is 4.61. The van der Waals surface area contributed by atoms with E-state index in [1.165, 1.54) is 4.31 Å². The molecule has 1 amide bonds. The molecule has 0 atom stereocenters. The molecule has 1 saturated heterocycles. The molecule has 0 bridgehead atoms. The van der Waals surface area contributed by atoms with Crippen molar-refractivity contribution >= 4 is 15.9 Å². The number of hydrogen-bond donors (Lipinski definition) is 1. The van der Waals surface area contributed by atoms with Gasteiger partial charge in [0.15, 0.2) is 0 Å². The summed E-state index contributed by atoms with van der Waals surface area (Å²) in [6.45, 7) is 4.40. The molecule has 0 aliphatic carbocycles. The molecule has 0 radical (unpaired) electrons. The van der Waals surface area contributed by atoms with Gasteiger partial charge in [0.2, 0.25) is 15.9 Å². The Balaban J connectivity index is 2.52. The molecule has 0 spiro atoms. The van der Waals surface area contributed by atoms with Gasteiger partial charge < -0.3 is 5.73 Å². The topological polar surface area (TPSA) is 80.5 Å². The molecule has 6 heteroatoms. The van der Waals surface area contributed by atoms with Crippen LogP contribution in [0.25, 0.3) is 0 Å². The first-order valence-electron chi connectivity index (χ1n) is 5.61. The first kappa shape index (κ1) is 13.4. The number of carbonyl (C=O) groups is 1. The van der Waals surface area contributed by atoms with Crippen LogP contribution in [-0.4, -0.2) is 37.0 Å². The van der Waals surface area contributed by atoms with Gasteiger partial charge in [-0.3, -0.25) is 4.79 Å². The van der Waals surface area contributed by atoms with E-state index in [0.717, 1.165) is 12.8 Å². The minimum atomic E-state index is -3.13. The van der Waals surface area contributed by atoms with E-state index in [4.69, 9.17) is 5.73 Å². The minimum Gasteiger partial charge on any atom is -0.370 e. The highest BCUT2D eigenvalue weighted by Gasteiger charge is 2.30. The van der Waals surface area contributed by atoms with Crippen molar-refractivity contribution in [1.29, 1.82) is 0 Å². The van der Waals surface area contributed by atoms with Gasteiger partial charge in [0.05, 0.1) is 5.25 Å². The zero-order valence-electron chi connectivity index (χ0n) is 9.85. The molecule has 5 nitrogen and oxygen atoms in total. The van der Waals surface area contributed by atoms with Gasteiger partial charge in [0.1, 0.15) is 0 Å². The van der Waals surface area contributed by atoms with E-state index >= 15 is 0 Å². The molecule has 2 N–H and O–H groups in total. The van der Waals surface area contributed by atoms with Crippen LogP contribution in [-0.2, 0) is 14.8 Å². The van der Waals surface area contributed by atoms with Crippen molar-refractivity contribution in [3.63, 3.8) is 0 Å². The summed E-state index contributed by atoms with van der Waals surface area (Å²) in [5, 5.41) is -0.375. The number of sulfonamides is 1. The van der Waals surface area contributed by atoms with Crippen molar-refractivity contribution in [3.05, 3.63) is 0 Å². The third-order valence-corrected chi connectivity index (χ3v) is 5.30. The first-order chi connectivity index (χ1) is 7.34. The minimum absolute atomic E-state index is 0.246. The summed E-state index contributed by atoms with van der Waals surface area (Å²) < 4.78 is 25.2. The number of hydrogen-bond acceptors (Lipinski definition) is 3. The lowest BCUT2D eigenvalue weighted by atomic mass is 9.94. The molecule has 0 aromatic heterocycles. The van der Waals surface area contributed by atoms with Gasteiger partial charge in [-0.2, -0.15) is 0 Å². The van der Waals surface area contributed by atoms with Crippen molar-refractivity contribution in [1.82, 2.24) is 4.31 Å². The Bertz CT molecular complexity index is 343. The summed E-state index contributed by atoms with van der Waals surface area (Å²) in [4.78, 5) is 10.7. The maximum atomic E-state index is 11.8. The molecule has 0 aromatic rings. The summed E-state index contributed by atoms with van der Waals surface area (Å²) in [6.07, 6.45) is 1.83. The fourth-order valence-corrected chi connectivity index (χ4v) is 3.27. The Labute approximate surface area is 97.0 Å². The van der Waals surface area contributed by atoms with Crippen LogP contribution >= 0.6 is 0 Å². The predicted molar refractivity (Wildman–Crippen MR) is 62.2 cm³/mol. The number of rotatable bonds is 4. The SMILES string of the molecule is CC(C)S(=O)(=O)N1CCC(CC(N)=O)CC1. The van der Waals surface area contributed by atoms with Gasteiger partial charge in [-0.25, -0.2) is 12.7 Å². The fourth-order valence-electron chi connectivity index (χ4n) is 1.95. The maximum Gasteiger partial charge on any atom is 0.217 e. The van der Waals surface area contributed by atoms with Gasteiger partial charge in [-0.1, -0.05) is 0 Å². The van der Waals surface area contributed by atoms with Crippen LogP contribution in [0.3, 0.4) is 0 Å². The summed E-state index contributed by atoms with van der Waals surface area (Å²) >= 11 is 0. The Hall–Kier alpha value is -0.620. The highest BCUT2D eigenvalue weighted by atomic mass is 32.2. The van der Waals surface area contributed by atoms with Crippen LogP contribution in [0.1, 0.15) is 33.1 Å². The van der Waals surface area contributed by atoms with Gasteiger partial charge in [0, 0.05) is 19.5 Å². The first-order valence-corrected chi connectivity index (χ1v) is 7.11. The van der Waals surface area contributed by atoms with Crippen LogP contribution in [0.5, 0.6) is 0 Å². The second-order valence-corrected chi connectivity index (χ2v) is 7.10. The number of amides is 1. The number of piperidine rings is 1. The summed E-state index contributed by atoms with van der Waals surface area (Å²) in [7, 11) is -3.13. The maximum absolute atomic E-state index is 11.8. The van der Waals surface area contributed by atoms with Crippen LogP contribution in [0.2, 0.25) is 0 Å². The Morgan fingerprint density at radius 3 is 2.25 bits per heavy atom. The molecule has 0 aromatic carbocycles. The molecule has 0 saturated carbocycles. The molecule has 1 heterocycles. The number of nitrogens with zero attached hydrogens (tertiary/aromatic N) is 1. The van der Waals surface area contributed by atoms with Gasteiger partial charge in [-0.05, 0) is 32.6 Å². The largest absolute Gasteiger partial charge is 0.370 e. The smallest absolute Gasteiger partial charge is 0.217 e. The fraction of sp³-hybridized carbons (Fsp3) is 0.900. The molecule has 16 heavy (non-hydrogen) atoms. The van der Waals surface area contributed by atoms with Crippen molar-refractivity contribution in [2.75, 3.05) is 13.1 Å². The monoisotopic (exact) mass is 248 g/mol. The van der Waals surface area contributed by atoms with Gasteiger partial charge in [0.25, 0.3) is 0 Å². The lowest BCUT2D eigenvalue weighted by Crippen LogP contribution is -2.42. The summed E-state index contributed by atoms with van der Waals surface area (Å²) in [5.41, 5.74) is 5.12. The van der Waals surface area contributed by atoms with Crippen molar-refractivity contribution < 1.29 is 13.2 Å². The van der Waals surface area contributed by atoms with Crippen LogP contribution in [0.4, 0.5) is 0 Å². The average molecular weight is 248 g/mol. The third kappa shape index (κ3) is 3.18. The van der Waals surface area contributed by atoms with Crippen LogP contribution in [0, 0.1) is 5.92 Å². The number of carbonyl (C=O) groups excluding carboxylic acids is 1. The van der Waals surface area contributed by atoms with E-state index in [1.807, 2.05) is 0 Å². The number of nitrogens with two attached hydrogens (primary N) is 1. The van der Waals surface area contributed by atoms with Gasteiger partial charge in [-0.15, -0.1) is 0 Å². The van der Waals surface area contributed by atoms with E-state index in [2.05, 4.69) is 0 Å². The predicted octanol–water partition coefficient (Wildman–Crippen LogP) is 0.312. The standard InChI is InChI=1S/C10H20N2O3S/c1-8(2)16(14,15)12-5-3-9(4-6-12)7-10(11)13/h8-9H,3-7H2,1-2H3,(H2,11,13). The molecule has 1 aliphatic rings. The normalized spacial score (nSPS) is 20.2. The molecule has 0 unspecified atom stereocenters. The highest BCUT2D eigenvalue weighted by Crippen LogP contribution is 2.23. The average Bonchev–Trinajstić information content (AvgIpc) is 2.17. The zero-order chi connectivity index (χ0) is 12.3. The highest BCUT2D eigenvalue weighted by molar-refractivity contribution is 7.89. The Kier molecular flexibility index (Phi) is 4.32. The Morgan fingerprint density at radius 2 is 1.88 bits per heavy atom. The summed E-state index contributed by atoms with van der Waals surface area (Å²) in [5.74, 6) is -0.0544. The van der Waals surface area contributed by atoms with E-state index < -0.39 is 10.0 Å². The van der Waals surface area contributed by atoms with Crippen LogP contribution < -0.4 is 5.73 Å². The van der Waals surface area contributed by atoms with Crippen molar-refractivity contribution in [3.8, 4) is 0 Å². The lowest BCUT2D eigenvalue weighted by Gasteiger charge is -2.31. The van der Waals surface area contributed by atoms with E-state index in [1.54, 1.807) is 13.8 Å².